The molecule has 11 unspecified atom stereocenters. The molecule has 0 aromatic heterocycles. The van der Waals surface area contributed by atoms with Crippen LogP contribution in [0.2, 0.25) is 0 Å². The number of ether oxygens (including phenoxy) is 1. The van der Waals surface area contributed by atoms with Crippen LogP contribution in [0, 0.1) is 59.2 Å². The summed E-state index contributed by atoms with van der Waals surface area (Å²) in [7, 11) is -4.34. The van der Waals surface area contributed by atoms with Gasteiger partial charge in [0.05, 0.1) is 17.0 Å². The summed E-state index contributed by atoms with van der Waals surface area (Å²) in [6.45, 7) is 6.41. The van der Waals surface area contributed by atoms with Gasteiger partial charge in [0, 0.05) is 6.42 Å². The van der Waals surface area contributed by atoms with Gasteiger partial charge in [-0.2, -0.15) is 61.1 Å². The second-order valence-corrected chi connectivity index (χ2v) is 19.8. The van der Waals surface area contributed by atoms with Gasteiger partial charge in [0.25, 0.3) is 21.3 Å². The van der Waals surface area contributed by atoms with Crippen LogP contribution in [0.3, 0.4) is 0 Å². The fourth-order valence-electron chi connectivity index (χ4n) is 12.1. The summed E-state index contributed by atoms with van der Waals surface area (Å²) in [5.41, 5.74) is -11.3. The molecule has 4 bridgehead atoms. The minimum Gasteiger partial charge on any atom is -0.352 e. The van der Waals surface area contributed by atoms with Crippen LogP contribution in [-0.2, 0) is 23.9 Å². The lowest BCUT2D eigenvalue weighted by Gasteiger charge is -2.50. The van der Waals surface area contributed by atoms with E-state index in [0.29, 0.717) is 12.8 Å². The van der Waals surface area contributed by atoms with Gasteiger partial charge in [0.2, 0.25) is 0 Å². The minimum atomic E-state index is -6.05. The molecule has 322 valence electrons. The summed E-state index contributed by atoms with van der Waals surface area (Å²) in [6, 6.07) is 0. The summed E-state index contributed by atoms with van der Waals surface area (Å²) in [4.78, 5) is 3.22. The first-order valence-electron chi connectivity index (χ1n) is 19.2. The van der Waals surface area contributed by atoms with E-state index >= 15 is 0 Å². The first-order valence-corrected chi connectivity index (χ1v) is 20.6. The van der Waals surface area contributed by atoms with Crippen molar-refractivity contribution in [1.29, 1.82) is 0 Å². The van der Waals surface area contributed by atoms with Crippen LogP contribution >= 0.6 is 0 Å². The molecule has 0 aliphatic heterocycles. The van der Waals surface area contributed by atoms with Crippen LogP contribution in [0.25, 0.3) is 0 Å². The molecule has 5 rings (SSSR count). The van der Waals surface area contributed by atoms with Gasteiger partial charge < -0.3 is 4.74 Å². The molecule has 6 nitrogen and oxygen atoms in total. The summed E-state index contributed by atoms with van der Waals surface area (Å²) in [5.74, 6) is -8.37. The lowest BCUT2D eigenvalue weighted by Crippen LogP contribution is -2.62. The van der Waals surface area contributed by atoms with Crippen LogP contribution in [0.4, 0.5) is 52.7 Å². The van der Waals surface area contributed by atoms with Gasteiger partial charge >= 0.3 is 24.7 Å². The quantitative estimate of drug-likeness (QED) is 0.0912. The van der Waals surface area contributed by atoms with E-state index in [1.54, 1.807) is 13.8 Å². The largest absolute Gasteiger partial charge is 0.429 e. The Morgan fingerprint density at radius 1 is 0.673 bits per heavy atom. The van der Waals surface area contributed by atoms with E-state index in [4.69, 9.17) is 14.2 Å². The number of fused-ring (bicyclic) bond motifs is 4. The van der Waals surface area contributed by atoms with Crippen LogP contribution in [-0.4, -0.2) is 66.5 Å². The lowest BCUT2D eigenvalue weighted by atomic mass is 9.58. The van der Waals surface area contributed by atoms with Crippen molar-refractivity contribution in [2.24, 2.45) is 59.2 Å². The van der Waals surface area contributed by atoms with Crippen molar-refractivity contribution >= 4 is 10.1 Å². The van der Waals surface area contributed by atoms with Crippen molar-refractivity contribution in [2.45, 2.75) is 165 Å². The van der Waals surface area contributed by atoms with Gasteiger partial charge in [-0.15, -0.1) is 0 Å². The Morgan fingerprint density at radius 2 is 1.15 bits per heavy atom. The molecule has 5 aliphatic carbocycles. The Bertz CT molecular complexity index is 1420. The van der Waals surface area contributed by atoms with Crippen molar-refractivity contribution in [1.82, 2.24) is 0 Å². The lowest BCUT2D eigenvalue weighted by molar-refractivity contribution is -0.471. The third kappa shape index (κ3) is 8.02. The Morgan fingerprint density at radius 3 is 1.60 bits per heavy atom. The smallest absolute Gasteiger partial charge is 0.352 e. The van der Waals surface area contributed by atoms with Gasteiger partial charge in [-0.25, -0.2) is 4.89 Å². The Hall–Kier alpha value is -1.05. The molecule has 0 amide bonds. The maximum atomic E-state index is 14.8. The molecule has 5 fully saturated rings. The molecule has 0 aromatic rings. The third-order valence-electron chi connectivity index (χ3n) is 13.9. The van der Waals surface area contributed by atoms with Gasteiger partial charge in [0.1, 0.15) is 0 Å². The molecule has 0 heterocycles. The molecular formula is C36H52F12O6S. The van der Waals surface area contributed by atoms with Crippen LogP contribution in [0.1, 0.15) is 112 Å². The molecule has 5 aliphatic rings. The number of rotatable bonds is 12. The topological polar surface area (TPSA) is 82.1 Å². The molecule has 11 atom stereocenters. The first-order chi connectivity index (χ1) is 25.0. The molecule has 5 saturated carbocycles. The van der Waals surface area contributed by atoms with Crippen molar-refractivity contribution < 1.29 is 80.2 Å². The fraction of sp³-hybridized carbons (Fsp3) is 1.00. The summed E-state index contributed by atoms with van der Waals surface area (Å²) in [6.07, 6.45) is -24.4. The van der Waals surface area contributed by atoms with E-state index in [1.807, 2.05) is 0 Å². The van der Waals surface area contributed by atoms with E-state index in [-0.39, 0.29) is 32.1 Å². The molecule has 0 radical (unpaired) electrons. The number of halogens is 12. The minimum absolute atomic E-state index is 0.0115. The zero-order valence-corrected chi connectivity index (χ0v) is 32.2. The van der Waals surface area contributed by atoms with Crippen LogP contribution in [0.15, 0.2) is 0 Å². The molecule has 1 N–H and O–H groups in total. The van der Waals surface area contributed by atoms with Crippen molar-refractivity contribution in [2.75, 3.05) is 0 Å². The first kappa shape index (κ1) is 45.0. The van der Waals surface area contributed by atoms with Gasteiger partial charge in [0.15, 0.2) is 0 Å². The summed E-state index contributed by atoms with van der Waals surface area (Å²) in [5, 5.41) is 7.89. The van der Waals surface area contributed by atoms with E-state index in [1.165, 1.54) is 0 Å². The standard InChI is InChI=1S/C36H52F12O6S/c1-6-26(55(50,51)52-23-10-8-7-9-11-23)28-20-13-22(16-31(33(37,38)39,34(40,41)42)53-30(3,4)5)25(15-20)29(28)27-18(2)24-14-19(27)12-21(24)17-32(54-49,35(43,44)45)36(46,47)48/h18-29,49H,6-17H2,1-5H3. The van der Waals surface area contributed by atoms with Crippen molar-refractivity contribution in [3.63, 3.8) is 0 Å². The highest BCUT2D eigenvalue weighted by molar-refractivity contribution is 7.87. The maximum absolute atomic E-state index is 14.8. The Balaban J connectivity index is 1.53. The highest BCUT2D eigenvalue weighted by atomic mass is 32.2. The van der Waals surface area contributed by atoms with E-state index in [0.717, 1.165) is 40.0 Å². The van der Waals surface area contributed by atoms with Crippen LogP contribution < -0.4 is 0 Å². The summed E-state index contributed by atoms with van der Waals surface area (Å²) >= 11 is 0. The molecule has 0 spiro atoms. The summed E-state index contributed by atoms with van der Waals surface area (Å²) < 4.78 is 211. The zero-order chi connectivity index (χ0) is 41.5. The van der Waals surface area contributed by atoms with Crippen molar-refractivity contribution in [3.8, 4) is 0 Å². The highest BCUT2D eigenvalue weighted by Gasteiger charge is 2.77. The number of hydrogen-bond donors (Lipinski definition) is 1. The second kappa shape index (κ2) is 14.9. The van der Waals surface area contributed by atoms with Gasteiger partial charge in [-0.05, 0) is 131 Å². The predicted molar refractivity (Wildman–Crippen MR) is 173 cm³/mol. The molecule has 55 heavy (non-hydrogen) atoms. The predicted octanol–water partition coefficient (Wildman–Crippen LogP) is 11.1. The van der Waals surface area contributed by atoms with E-state index < -0.39 is 135 Å². The van der Waals surface area contributed by atoms with Crippen LogP contribution in [0.5, 0.6) is 0 Å². The Labute approximate surface area is 313 Å². The average Bonchev–Trinajstić information content (AvgIpc) is 3.77. The SMILES string of the molecule is CCC(C1C2CC(CC(OC(C)(C)C)(C(F)(F)F)C(F)(F)F)C(C2)C1C1C2CC(CC(OO)(C(F)(F)F)C(F)(F)F)C(C2)C1C)S(=O)(=O)OC1CCCCC1. The fourth-order valence-corrected chi connectivity index (χ4v) is 14.0. The maximum Gasteiger partial charge on any atom is 0.429 e. The molecular weight excluding hydrogens is 788 g/mol. The monoisotopic (exact) mass is 840 g/mol. The highest BCUT2D eigenvalue weighted by Crippen LogP contribution is 2.70. The van der Waals surface area contributed by atoms with Crippen molar-refractivity contribution in [3.05, 3.63) is 0 Å². The Kier molecular flexibility index (Phi) is 12.2. The van der Waals surface area contributed by atoms with Gasteiger partial charge in [-0.3, -0.25) is 9.44 Å². The normalized spacial score (nSPS) is 34.9. The number of alkyl halides is 12. The number of hydrogen-bond acceptors (Lipinski definition) is 6. The van der Waals surface area contributed by atoms with E-state index in [2.05, 4.69) is 4.89 Å². The van der Waals surface area contributed by atoms with Gasteiger partial charge in [-0.1, -0.05) is 33.1 Å². The second-order valence-electron chi connectivity index (χ2n) is 18.1. The average molecular weight is 841 g/mol. The molecule has 19 heteroatoms. The molecule has 0 aromatic carbocycles. The zero-order valence-electron chi connectivity index (χ0n) is 31.3. The molecule has 0 saturated heterocycles. The van der Waals surface area contributed by atoms with E-state index in [9.17, 15) is 61.1 Å². The third-order valence-corrected chi connectivity index (χ3v) is 15.8.